The summed E-state index contributed by atoms with van der Waals surface area (Å²) in [4.78, 5) is 14.2. The van der Waals surface area contributed by atoms with Crippen molar-refractivity contribution in [1.29, 1.82) is 0 Å². The van der Waals surface area contributed by atoms with E-state index in [1.54, 1.807) is 23.0 Å². The number of hydrogen-bond donors (Lipinski definition) is 1. The fourth-order valence-electron chi connectivity index (χ4n) is 4.03. The number of anilines is 1. The Bertz CT molecular complexity index is 1040. The van der Waals surface area contributed by atoms with E-state index < -0.39 is 11.7 Å². The van der Waals surface area contributed by atoms with Gasteiger partial charge in [-0.15, -0.1) is 5.10 Å². The van der Waals surface area contributed by atoms with Gasteiger partial charge in [0.15, 0.2) is 11.6 Å². The number of halogens is 3. The number of rotatable bonds is 3. The molecule has 146 valence electrons. The van der Waals surface area contributed by atoms with Crippen LogP contribution in [-0.2, 0) is 5.92 Å². The zero-order chi connectivity index (χ0) is 19.5. The number of aromatic nitrogens is 5. The third-order valence-electron chi connectivity index (χ3n) is 5.28. The van der Waals surface area contributed by atoms with Crippen LogP contribution in [-0.4, -0.2) is 49.9 Å². The van der Waals surface area contributed by atoms with Crippen molar-refractivity contribution in [2.45, 2.75) is 37.8 Å². The second kappa shape index (κ2) is 6.31. The molecule has 0 radical (unpaired) electrons. The Labute approximate surface area is 164 Å². The number of pyridine rings is 1. The first-order chi connectivity index (χ1) is 13.4. The Morgan fingerprint density at radius 1 is 1.21 bits per heavy atom. The Balaban J connectivity index is 1.65. The van der Waals surface area contributed by atoms with Gasteiger partial charge in [-0.2, -0.15) is 8.78 Å². The van der Waals surface area contributed by atoms with Gasteiger partial charge in [0.2, 0.25) is 5.82 Å². The lowest BCUT2D eigenvalue weighted by atomic mass is 10.2. The van der Waals surface area contributed by atoms with E-state index in [9.17, 15) is 8.78 Å². The molecule has 2 unspecified atom stereocenters. The Hall–Kier alpha value is -2.39. The van der Waals surface area contributed by atoms with Crippen LogP contribution < -0.4 is 10.2 Å². The first-order valence-corrected chi connectivity index (χ1v) is 9.53. The molecule has 0 aliphatic carbocycles. The molecule has 0 saturated carbocycles. The van der Waals surface area contributed by atoms with E-state index in [0.29, 0.717) is 22.8 Å². The predicted molar refractivity (Wildman–Crippen MR) is 101 cm³/mol. The first-order valence-electron chi connectivity index (χ1n) is 9.15. The quantitative estimate of drug-likeness (QED) is 0.675. The summed E-state index contributed by atoms with van der Waals surface area (Å²) in [6.45, 7) is 2.45. The van der Waals surface area contributed by atoms with Gasteiger partial charge < -0.3 is 10.2 Å². The number of nitrogens with zero attached hydrogens (tertiary/aromatic N) is 6. The highest BCUT2D eigenvalue weighted by Crippen LogP contribution is 2.33. The molecule has 3 aromatic heterocycles. The van der Waals surface area contributed by atoms with Gasteiger partial charge in [-0.05, 0) is 12.8 Å². The van der Waals surface area contributed by atoms with Crippen molar-refractivity contribution in [2.75, 3.05) is 18.0 Å². The summed E-state index contributed by atoms with van der Waals surface area (Å²) in [5.74, 6) is -2.65. The average Bonchev–Trinajstić information content (AvgIpc) is 3.20. The van der Waals surface area contributed by atoms with Gasteiger partial charge in [0.1, 0.15) is 5.15 Å². The molecule has 0 amide bonds. The van der Waals surface area contributed by atoms with Crippen molar-refractivity contribution in [2.24, 2.45) is 0 Å². The molecule has 10 heteroatoms. The van der Waals surface area contributed by atoms with Crippen molar-refractivity contribution in [1.82, 2.24) is 30.0 Å². The molecule has 2 bridgehead atoms. The largest absolute Gasteiger partial charge is 0.351 e. The molecular weight excluding hydrogens is 388 g/mol. The molecule has 2 fully saturated rings. The number of alkyl halides is 2. The highest BCUT2D eigenvalue weighted by molar-refractivity contribution is 6.30. The van der Waals surface area contributed by atoms with E-state index in [1.165, 1.54) is 6.20 Å². The summed E-state index contributed by atoms with van der Waals surface area (Å²) in [7, 11) is 0. The molecule has 5 heterocycles. The number of fused-ring (bicyclic) bond motifs is 3. The number of piperazine rings is 1. The minimum Gasteiger partial charge on any atom is -0.351 e. The van der Waals surface area contributed by atoms with Crippen LogP contribution in [0.15, 0.2) is 24.5 Å². The fraction of sp³-hybridized carbons (Fsp3) is 0.444. The Kier molecular flexibility index (Phi) is 3.99. The van der Waals surface area contributed by atoms with Gasteiger partial charge in [0.05, 0.1) is 10.9 Å². The van der Waals surface area contributed by atoms with Crippen molar-refractivity contribution in [3.05, 3.63) is 35.5 Å². The van der Waals surface area contributed by atoms with Crippen LogP contribution in [0, 0.1) is 0 Å². The Morgan fingerprint density at radius 2 is 1.96 bits per heavy atom. The molecule has 0 spiro atoms. The molecule has 2 aliphatic heterocycles. The van der Waals surface area contributed by atoms with E-state index >= 15 is 0 Å². The van der Waals surface area contributed by atoms with Crippen molar-refractivity contribution in [3.63, 3.8) is 0 Å². The summed E-state index contributed by atoms with van der Waals surface area (Å²) in [5, 5.41) is 9.43. The van der Waals surface area contributed by atoms with Gasteiger partial charge in [-0.1, -0.05) is 11.6 Å². The van der Waals surface area contributed by atoms with Crippen molar-refractivity contribution < 1.29 is 8.78 Å². The lowest BCUT2D eigenvalue weighted by Gasteiger charge is -2.33. The topological polar surface area (TPSA) is 71.8 Å². The van der Waals surface area contributed by atoms with Gasteiger partial charge >= 0.3 is 5.92 Å². The van der Waals surface area contributed by atoms with Crippen LogP contribution in [0.25, 0.3) is 16.7 Å². The van der Waals surface area contributed by atoms with Gasteiger partial charge in [-0.3, -0.25) is 0 Å². The van der Waals surface area contributed by atoms with E-state index in [1.807, 2.05) is 0 Å². The van der Waals surface area contributed by atoms with E-state index in [4.69, 9.17) is 16.7 Å². The van der Waals surface area contributed by atoms with E-state index in [2.05, 4.69) is 25.2 Å². The smallest absolute Gasteiger partial charge is 0.303 e. The molecule has 2 atom stereocenters. The highest BCUT2D eigenvalue weighted by Gasteiger charge is 2.34. The molecule has 0 aromatic carbocycles. The van der Waals surface area contributed by atoms with Gasteiger partial charge in [-0.25, -0.2) is 19.6 Å². The third kappa shape index (κ3) is 2.98. The van der Waals surface area contributed by atoms with Crippen molar-refractivity contribution in [3.8, 4) is 5.82 Å². The standard InChI is InChI=1S/C18H18ClF2N7/c1-18(20,21)17-22-5-4-15(25-17)28-13-6-14(19)23-7-12(13)16(26-28)27-8-10-2-3-11(9-27)24-10/h4-7,10-11,24H,2-3,8-9H2,1H3. The molecule has 7 nitrogen and oxygen atoms in total. The summed E-state index contributed by atoms with van der Waals surface area (Å²) in [6.07, 6.45) is 5.28. The maximum Gasteiger partial charge on any atom is 0.303 e. The van der Waals surface area contributed by atoms with Crippen LogP contribution in [0.3, 0.4) is 0 Å². The van der Waals surface area contributed by atoms with E-state index in [-0.39, 0.29) is 5.82 Å². The summed E-state index contributed by atoms with van der Waals surface area (Å²) in [6, 6.07) is 4.10. The molecule has 2 saturated heterocycles. The number of hydrogen-bond acceptors (Lipinski definition) is 6. The van der Waals surface area contributed by atoms with Gasteiger partial charge in [0, 0.05) is 56.6 Å². The lowest BCUT2D eigenvalue weighted by molar-refractivity contribution is 0.00763. The summed E-state index contributed by atoms with van der Waals surface area (Å²) >= 11 is 6.10. The fourth-order valence-corrected chi connectivity index (χ4v) is 4.18. The zero-order valence-electron chi connectivity index (χ0n) is 15.1. The summed E-state index contributed by atoms with van der Waals surface area (Å²) in [5.41, 5.74) is 0.671. The Morgan fingerprint density at radius 3 is 2.68 bits per heavy atom. The molecule has 1 N–H and O–H groups in total. The van der Waals surface area contributed by atoms with Crippen LogP contribution >= 0.6 is 11.6 Å². The molecule has 28 heavy (non-hydrogen) atoms. The maximum atomic E-state index is 13.7. The van der Waals surface area contributed by atoms with Gasteiger partial charge in [0.25, 0.3) is 0 Å². The third-order valence-corrected chi connectivity index (χ3v) is 5.49. The minimum atomic E-state index is -3.14. The lowest BCUT2D eigenvalue weighted by Crippen LogP contribution is -2.51. The summed E-state index contributed by atoms with van der Waals surface area (Å²) < 4.78 is 29.0. The second-order valence-corrected chi connectivity index (χ2v) is 7.82. The SMILES string of the molecule is CC(F)(F)c1nccc(-n2nc(N3CC4CCC(C3)N4)c3cnc(Cl)cc32)n1. The van der Waals surface area contributed by atoms with Crippen LogP contribution in [0.4, 0.5) is 14.6 Å². The first kappa shape index (κ1) is 17.7. The zero-order valence-corrected chi connectivity index (χ0v) is 15.9. The number of nitrogens with one attached hydrogen (secondary N) is 1. The molecule has 5 rings (SSSR count). The highest BCUT2D eigenvalue weighted by atomic mass is 35.5. The second-order valence-electron chi connectivity index (χ2n) is 7.43. The average molecular weight is 406 g/mol. The predicted octanol–water partition coefficient (Wildman–Crippen LogP) is 2.92. The molecular formula is C18H18ClF2N7. The van der Waals surface area contributed by atoms with E-state index in [0.717, 1.165) is 44.1 Å². The minimum absolute atomic E-state index is 0.267. The molecule has 2 aliphatic rings. The normalized spacial score (nSPS) is 22.2. The van der Waals surface area contributed by atoms with Crippen LogP contribution in [0.1, 0.15) is 25.6 Å². The van der Waals surface area contributed by atoms with Crippen LogP contribution in [0.5, 0.6) is 0 Å². The monoisotopic (exact) mass is 405 g/mol. The maximum absolute atomic E-state index is 13.7. The van der Waals surface area contributed by atoms with Crippen LogP contribution in [0.2, 0.25) is 5.15 Å². The van der Waals surface area contributed by atoms with Crippen molar-refractivity contribution >= 4 is 28.3 Å². The molecule has 3 aromatic rings.